The summed E-state index contributed by atoms with van der Waals surface area (Å²) in [7, 11) is 3.41. The molecule has 198 valence electrons. The normalized spacial score (nSPS) is 21.5. The van der Waals surface area contributed by atoms with Gasteiger partial charge in [0.1, 0.15) is 17.5 Å². The van der Waals surface area contributed by atoms with Crippen LogP contribution in [0.3, 0.4) is 0 Å². The molecule has 2 aliphatic rings. The zero-order valence-corrected chi connectivity index (χ0v) is 21.4. The second kappa shape index (κ2) is 11.2. The highest BCUT2D eigenvalue weighted by Crippen LogP contribution is 2.30. The Morgan fingerprint density at radius 2 is 1.70 bits per heavy atom. The molecule has 3 aromatic rings. The zero-order chi connectivity index (χ0) is 25.9. The lowest BCUT2D eigenvalue weighted by molar-refractivity contribution is -0.00461. The molecule has 37 heavy (non-hydrogen) atoms. The minimum absolute atomic E-state index is 0.0178. The number of likely N-dealkylation sites (tertiary alicyclic amines) is 1. The first-order valence-corrected chi connectivity index (χ1v) is 12.6. The van der Waals surface area contributed by atoms with E-state index in [1.165, 1.54) is 12.1 Å². The summed E-state index contributed by atoms with van der Waals surface area (Å²) >= 11 is 0. The Bertz CT molecular complexity index is 1210. The van der Waals surface area contributed by atoms with Crippen LogP contribution in [-0.2, 0) is 20.8 Å². The Hall–Kier alpha value is -2.92. The SMILES string of the molecule is COC1CN(Cc2cc(C(C)Nc3cc(F)cc(F)c3)c3nc(N4CCOCC4)cnc3c2)C[C@@H]1OC. The number of ether oxygens (including phenoxy) is 3. The van der Waals surface area contributed by atoms with Crippen LogP contribution >= 0.6 is 0 Å². The number of benzene rings is 2. The molecule has 1 N–H and O–H groups in total. The quantitative estimate of drug-likeness (QED) is 0.488. The highest BCUT2D eigenvalue weighted by molar-refractivity contribution is 5.81. The van der Waals surface area contributed by atoms with E-state index in [4.69, 9.17) is 24.2 Å². The average Bonchev–Trinajstić information content (AvgIpc) is 3.29. The fraction of sp³-hybridized carbons (Fsp3) is 0.481. The highest BCUT2D eigenvalue weighted by atomic mass is 19.1. The van der Waals surface area contributed by atoms with Gasteiger partial charge in [0.2, 0.25) is 0 Å². The number of halogens is 2. The first-order chi connectivity index (χ1) is 17.9. The molecule has 0 spiro atoms. The molecule has 10 heteroatoms. The van der Waals surface area contributed by atoms with Crippen LogP contribution in [0.1, 0.15) is 24.1 Å². The maximum atomic E-state index is 13.9. The van der Waals surface area contributed by atoms with Gasteiger partial charge in [-0.3, -0.25) is 9.88 Å². The number of hydrogen-bond acceptors (Lipinski definition) is 8. The number of aromatic nitrogens is 2. The summed E-state index contributed by atoms with van der Waals surface area (Å²) in [6.45, 7) is 6.98. The van der Waals surface area contributed by atoms with Crippen LogP contribution in [-0.4, -0.2) is 80.7 Å². The molecule has 0 saturated carbocycles. The Morgan fingerprint density at radius 1 is 1.03 bits per heavy atom. The number of rotatable bonds is 8. The molecule has 3 heterocycles. The van der Waals surface area contributed by atoms with E-state index in [0.717, 1.165) is 60.2 Å². The van der Waals surface area contributed by atoms with Crippen molar-refractivity contribution >= 4 is 22.5 Å². The summed E-state index contributed by atoms with van der Waals surface area (Å²) in [4.78, 5) is 14.2. The third-order valence-electron chi connectivity index (χ3n) is 7.07. The lowest BCUT2D eigenvalue weighted by Gasteiger charge is -2.28. The maximum absolute atomic E-state index is 13.9. The fourth-order valence-corrected chi connectivity index (χ4v) is 5.18. The van der Waals surface area contributed by atoms with Crippen molar-refractivity contribution in [2.75, 3.05) is 63.8 Å². The molecule has 2 saturated heterocycles. The number of morpholine rings is 1. The summed E-state index contributed by atoms with van der Waals surface area (Å²) in [6, 6.07) is 7.32. The Labute approximate surface area is 215 Å². The summed E-state index contributed by atoms with van der Waals surface area (Å²) in [5.41, 5.74) is 3.88. The Kier molecular flexibility index (Phi) is 7.80. The molecule has 0 bridgehead atoms. The minimum atomic E-state index is -0.628. The van der Waals surface area contributed by atoms with Crippen LogP contribution in [0.4, 0.5) is 20.3 Å². The lowest BCUT2D eigenvalue weighted by Crippen LogP contribution is -2.36. The van der Waals surface area contributed by atoms with Gasteiger partial charge in [-0.2, -0.15) is 0 Å². The van der Waals surface area contributed by atoms with E-state index in [-0.39, 0.29) is 18.2 Å². The first kappa shape index (κ1) is 25.7. The smallest absolute Gasteiger partial charge is 0.148 e. The van der Waals surface area contributed by atoms with E-state index < -0.39 is 11.6 Å². The van der Waals surface area contributed by atoms with E-state index >= 15 is 0 Å². The zero-order valence-electron chi connectivity index (χ0n) is 21.4. The molecule has 2 aliphatic heterocycles. The number of anilines is 2. The van der Waals surface area contributed by atoms with Gasteiger partial charge >= 0.3 is 0 Å². The monoisotopic (exact) mass is 513 g/mol. The molecule has 8 nitrogen and oxygen atoms in total. The van der Waals surface area contributed by atoms with Crippen molar-refractivity contribution in [1.29, 1.82) is 0 Å². The van der Waals surface area contributed by atoms with E-state index in [0.29, 0.717) is 25.4 Å². The first-order valence-electron chi connectivity index (χ1n) is 12.6. The Balaban J connectivity index is 1.49. The van der Waals surface area contributed by atoms with Crippen molar-refractivity contribution in [3.8, 4) is 0 Å². The molecule has 5 rings (SSSR count). The van der Waals surface area contributed by atoms with Crippen LogP contribution in [0.2, 0.25) is 0 Å². The van der Waals surface area contributed by atoms with E-state index in [1.807, 2.05) is 6.92 Å². The van der Waals surface area contributed by atoms with Gasteiger partial charge < -0.3 is 24.4 Å². The third-order valence-corrected chi connectivity index (χ3v) is 7.07. The summed E-state index contributed by atoms with van der Waals surface area (Å²) in [5.74, 6) is -0.464. The van der Waals surface area contributed by atoms with Crippen LogP contribution in [0.15, 0.2) is 36.5 Å². The molecule has 2 unspecified atom stereocenters. The predicted molar refractivity (Wildman–Crippen MR) is 138 cm³/mol. The molecule has 0 radical (unpaired) electrons. The number of hydrogen-bond donors (Lipinski definition) is 1. The van der Waals surface area contributed by atoms with Crippen molar-refractivity contribution in [2.45, 2.75) is 31.7 Å². The van der Waals surface area contributed by atoms with Gasteiger partial charge in [0.15, 0.2) is 0 Å². The molecule has 0 aliphatic carbocycles. The van der Waals surface area contributed by atoms with Gasteiger partial charge in [-0.15, -0.1) is 0 Å². The van der Waals surface area contributed by atoms with E-state index in [2.05, 4.69) is 27.2 Å². The second-order valence-electron chi connectivity index (χ2n) is 9.65. The maximum Gasteiger partial charge on any atom is 0.148 e. The molecular weight excluding hydrogens is 480 g/mol. The standard InChI is InChI=1S/C27H33F2N5O3/c1-17(31-21-11-19(28)10-20(29)12-21)22-8-18(14-33-15-24(35-2)25(16-33)36-3)9-23-27(22)32-26(13-30-23)34-4-6-37-7-5-34/h8-13,17,24-25,31H,4-7,14-16H2,1-3H3/t17?,24-,25?/m0/s1. The summed E-state index contributed by atoms with van der Waals surface area (Å²) in [5, 5.41) is 3.25. The predicted octanol–water partition coefficient (Wildman–Crippen LogP) is 3.76. The van der Waals surface area contributed by atoms with Gasteiger partial charge in [0.05, 0.1) is 48.7 Å². The fourth-order valence-electron chi connectivity index (χ4n) is 5.18. The number of nitrogens with zero attached hydrogens (tertiary/aromatic N) is 4. The molecule has 3 atom stereocenters. The van der Waals surface area contributed by atoms with Crippen LogP contribution < -0.4 is 10.2 Å². The van der Waals surface area contributed by atoms with Crippen molar-refractivity contribution < 1.29 is 23.0 Å². The van der Waals surface area contributed by atoms with Gasteiger partial charge in [-0.1, -0.05) is 6.07 Å². The average molecular weight is 514 g/mol. The molecule has 1 aromatic heterocycles. The van der Waals surface area contributed by atoms with Crippen molar-refractivity contribution in [3.63, 3.8) is 0 Å². The van der Waals surface area contributed by atoms with Crippen LogP contribution in [0.5, 0.6) is 0 Å². The number of nitrogens with one attached hydrogen (secondary N) is 1. The van der Waals surface area contributed by atoms with Crippen molar-refractivity contribution in [3.05, 3.63) is 59.3 Å². The van der Waals surface area contributed by atoms with Crippen molar-refractivity contribution in [1.82, 2.24) is 14.9 Å². The van der Waals surface area contributed by atoms with Gasteiger partial charge in [0.25, 0.3) is 0 Å². The second-order valence-corrected chi connectivity index (χ2v) is 9.65. The molecular formula is C27H33F2N5O3. The lowest BCUT2D eigenvalue weighted by atomic mass is 10.0. The third kappa shape index (κ3) is 5.82. The molecule has 2 fully saturated rings. The number of methoxy groups -OCH3 is 2. The summed E-state index contributed by atoms with van der Waals surface area (Å²) < 4.78 is 44.4. The minimum Gasteiger partial charge on any atom is -0.378 e. The van der Waals surface area contributed by atoms with Gasteiger partial charge in [-0.05, 0) is 30.7 Å². The topological polar surface area (TPSA) is 72.0 Å². The van der Waals surface area contributed by atoms with Crippen molar-refractivity contribution in [2.24, 2.45) is 0 Å². The molecule has 2 aromatic carbocycles. The van der Waals surface area contributed by atoms with E-state index in [9.17, 15) is 8.78 Å². The van der Waals surface area contributed by atoms with Crippen LogP contribution in [0, 0.1) is 11.6 Å². The van der Waals surface area contributed by atoms with Gasteiger partial charge in [-0.25, -0.2) is 13.8 Å². The van der Waals surface area contributed by atoms with E-state index in [1.54, 1.807) is 20.4 Å². The van der Waals surface area contributed by atoms with Gasteiger partial charge in [0, 0.05) is 64.3 Å². The molecule has 0 amide bonds. The largest absolute Gasteiger partial charge is 0.378 e. The van der Waals surface area contributed by atoms with Crippen LogP contribution in [0.25, 0.3) is 11.0 Å². The highest BCUT2D eigenvalue weighted by Gasteiger charge is 2.33. The number of fused-ring (bicyclic) bond motifs is 1. The summed E-state index contributed by atoms with van der Waals surface area (Å²) in [6.07, 6.45) is 1.84. The Morgan fingerprint density at radius 3 is 2.35 bits per heavy atom.